The molecule has 1 aromatic carbocycles. The monoisotopic (exact) mass is 362 g/mol. The summed E-state index contributed by atoms with van der Waals surface area (Å²) in [4.78, 5) is 29.3. The molecule has 1 saturated heterocycles. The summed E-state index contributed by atoms with van der Waals surface area (Å²) in [5.41, 5.74) is 2.88. The van der Waals surface area contributed by atoms with Crippen molar-refractivity contribution in [2.75, 3.05) is 31.1 Å². The highest BCUT2D eigenvalue weighted by Gasteiger charge is 2.35. The third kappa shape index (κ3) is 2.97. The zero-order chi connectivity index (χ0) is 18.2. The first kappa shape index (κ1) is 16.1. The Morgan fingerprint density at radius 2 is 2.11 bits per heavy atom. The molecule has 0 bridgehead atoms. The number of nitrogens with zero attached hydrogens (tertiary/aromatic N) is 6. The van der Waals surface area contributed by atoms with Crippen LogP contribution in [-0.4, -0.2) is 57.1 Å². The standard InChI is InChI=1S/C19H18N6O2/c26-17(25-8-5-13-3-1-2-4-16(13)25)12-24-10-14(11-24)19-22-18(23-27-19)15-9-20-6-7-21-15/h1-4,6-7,9,14H,5,8,10-12H2. The van der Waals surface area contributed by atoms with Gasteiger partial charge in [0.25, 0.3) is 0 Å². The topological polar surface area (TPSA) is 88.2 Å². The first-order valence-electron chi connectivity index (χ1n) is 8.98. The van der Waals surface area contributed by atoms with E-state index in [9.17, 15) is 4.79 Å². The molecule has 27 heavy (non-hydrogen) atoms. The van der Waals surface area contributed by atoms with E-state index in [0.29, 0.717) is 24.0 Å². The maximum Gasteiger partial charge on any atom is 0.241 e. The number of fused-ring (bicyclic) bond motifs is 1. The molecule has 0 spiro atoms. The molecule has 3 aromatic rings. The second kappa shape index (κ2) is 6.55. The van der Waals surface area contributed by atoms with Crippen molar-refractivity contribution >= 4 is 11.6 Å². The van der Waals surface area contributed by atoms with Gasteiger partial charge in [-0.2, -0.15) is 4.98 Å². The van der Waals surface area contributed by atoms with Gasteiger partial charge in [0.15, 0.2) is 0 Å². The van der Waals surface area contributed by atoms with Crippen LogP contribution in [-0.2, 0) is 11.2 Å². The van der Waals surface area contributed by atoms with Gasteiger partial charge in [-0.25, -0.2) is 4.98 Å². The molecule has 2 aliphatic heterocycles. The van der Waals surface area contributed by atoms with Crippen molar-refractivity contribution in [3.05, 3.63) is 54.3 Å². The van der Waals surface area contributed by atoms with Gasteiger partial charge in [0, 0.05) is 37.7 Å². The van der Waals surface area contributed by atoms with Gasteiger partial charge in [-0.05, 0) is 18.1 Å². The number of hydrogen-bond acceptors (Lipinski definition) is 7. The predicted octanol–water partition coefficient (Wildman–Crippen LogP) is 1.52. The predicted molar refractivity (Wildman–Crippen MR) is 97.0 cm³/mol. The highest BCUT2D eigenvalue weighted by atomic mass is 16.5. The van der Waals surface area contributed by atoms with E-state index in [-0.39, 0.29) is 11.8 Å². The minimum atomic E-state index is 0.143. The number of amides is 1. The summed E-state index contributed by atoms with van der Waals surface area (Å²) < 4.78 is 5.37. The molecule has 0 N–H and O–H groups in total. The molecule has 0 saturated carbocycles. The first-order valence-corrected chi connectivity index (χ1v) is 8.98. The van der Waals surface area contributed by atoms with Crippen LogP contribution in [0.25, 0.3) is 11.5 Å². The van der Waals surface area contributed by atoms with Crippen LogP contribution in [0.1, 0.15) is 17.4 Å². The van der Waals surface area contributed by atoms with Gasteiger partial charge >= 0.3 is 0 Å². The van der Waals surface area contributed by atoms with E-state index in [1.165, 1.54) is 5.56 Å². The lowest BCUT2D eigenvalue weighted by molar-refractivity contribution is -0.120. The van der Waals surface area contributed by atoms with Gasteiger partial charge in [-0.15, -0.1) is 0 Å². The zero-order valence-electron chi connectivity index (χ0n) is 14.7. The number of benzene rings is 1. The van der Waals surface area contributed by atoms with Crippen molar-refractivity contribution in [1.29, 1.82) is 0 Å². The molecule has 0 radical (unpaired) electrons. The van der Waals surface area contributed by atoms with Crippen molar-refractivity contribution in [1.82, 2.24) is 25.0 Å². The summed E-state index contributed by atoms with van der Waals surface area (Å²) in [6, 6.07) is 8.11. The Morgan fingerprint density at radius 1 is 1.22 bits per heavy atom. The van der Waals surface area contributed by atoms with Crippen LogP contribution in [0.15, 0.2) is 47.4 Å². The van der Waals surface area contributed by atoms with Crippen LogP contribution in [0.4, 0.5) is 5.69 Å². The summed E-state index contributed by atoms with van der Waals surface area (Å²) in [6.07, 6.45) is 5.73. The Balaban J connectivity index is 1.19. The van der Waals surface area contributed by atoms with E-state index in [4.69, 9.17) is 4.52 Å². The van der Waals surface area contributed by atoms with Crippen molar-refractivity contribution in [2.24, 2.45) is 0 Å². The Morgan fingerprint density at radius 3 is 2.96 bits per heavy atom. The summed E-state index contributed by atoms with van der Waals surface area (Å²) in [5, 5.41) is 3.98. The third-order valence-electron chi connectivity index (χ3n) is 5.09. The van der Waals surface area contributed by atoms with Crippen LogP contribution in [0, 0.1) is 0 Å². The number of anilines is 1. The fourth-order valence-electron chi connectivity index (χ4n) is 3.65. The van der Waals surface area contributed by atoms with E-state index >= 15 is 0 Å². The zero-order valence-corrected chi connectivity index (χ0v) is 14.7. The summed E-state index contributed by atoms with van der Waals surface area (Å²) >= 11 is 0. The molecule has 5 rings (SSSR count). The van der Waals surface area contributed by atoms with Crippen molar-refractivity contribution in [3.8, 4) is 11.5 Å². The second-order valence-corrected chi connectivity index (χ2v) is 6.86. The van der Waals surface area contributed by atoms with E-state index in [1.54, 1.807) is 18.6 Å². The smallest absolute Gasteiger partial charge is 0.241 e. The number of para-hydroxylation sites is 1. The summed E-state index contributed by atoms with van der Waals surface area (Å²) in [5.74, 6) is 1.33. The van der Waals surface area contributed by atoms with Crippen molar-refractivity contribution in [3.63, 3.8) is 0 Å². The van der Waals surface area contributed by atoms with Crippen molar-refractivity contribution in [2.45, 2.75) is 12.3 Å². The molecule has 8 heteroatoms. The second-order valence-electron chi connectivity index (χ2n) is 6.86. The highest BCUT2D eigenvalue weighted by molar-refractivity contribution is 5.96. The molecule has 0 aliphatic carbocycles. The maximum absolute atomic E-state index is 12.7. The molecule has 2 aliphatic rings. The minimum Gasteiger partial charge on any atom is -0.339 e. The van der Waals surface area contributed by atoms with Gasteiger partial charge in [-0.1, -0.05) is 23.4 Å². The van der Waals surface area contributed by atoms with Crippen LogP contribution in [0.3, 0.4) is 0 Å². The van der Waals surface area contributed by atoms with E-state index in [0.717, 1.165) is 31.7 Å². The molecule has 136 valence electrons. The number of rotatable bonds is 4. The van der Waals surface area contributed by atoms with E-state index in [1.807, 2.05) is 23.1 Å². The number of carbonyl (C=O) groups excluding carboxylic acids is 1. The van der Waals surface area contributed by atoms with Gasteiger partial charge in [0.1, 0.15) is 5.69 Å². The Kier molecular flexibility index (Phi) is 3.90. The Labute approximate surface area is 155 Å². The van der Waals surface area contributed by atoms with Gasteiger partial charge < -0.3 is 9.42 Å². The molecule has 0 atom stereocenters. The fraction of sp³-hybridized carbons (Fsp3) is 0.316. The van der Waals surface area contributed by atoms with Crippen LogP contribution in [0.5, 0.6) is 0 Å². The molecule has 1 fully saturated rings. The average molecular weight is 362 g/mol. The molecule has 1 amide bonds. The third-order valence-corrected chi connectivity index (χ3v) is 5.09. The number of aromatic nitrogens is 4. The number of hydrogen-bond donors (Lipinski definition) is 0. The molecule has 8 nitrogen and oxygen atoms in total. The number of carbonyl (C=O) groups is 1. The first-order chi connectivity index (χ1) is 13.3. The van der Waals surface area contributed by atoms with Gasteiger partial charge in [0.05, 0.1) is 18.7 Å². The van der Waals surface area contributed by atoms with Crippen LogP contribution < -0.4 is 4.90 Å². The largest absolute Gasteiger partial charge is 0.339 e. The number of likely N-dealkylation sites (tertiary alicyclic amines) is 1. The normalized spacial score (nSPS) is 17.0. The van der Waals surface area contributed by atoms with Gasteiger partial charge in [-0.3, -0.25) is 14.7 Å². The Bertz CT molecular complexity index is 967. The Hall–Kier alpha value is -3.13. The molecule has 0 unspecified atom stereocenters. The maximum atomic E-state index is 12.7. The quantitative estimate of drug-likeness (QED) is 0.695. The average Bonchev–Trinajstić information content (AvgIpc) is 3.32. The lowest BCUT2D eigenvalue weighted by Crippen LogP contribution is -2.50. The fourth-order valence-corrected chi connectivity index (χ4v) is 3.65. The molecule has 2 aromatic heterocycles. The molecular weight excluding hydrogens is 344 g/mol. The van der Waals surface area contributed by atoms with Crippen molar-refractivity contribution < 1.29 is 9.32 Å². The van der Waals surface area contributed by atoms with Crippen LogP contribution >= 0.6 is 0 Å². The summed E-state index contributed by atoms with van der Waals surface area (Å²) in [7, 11) is 0. The van der Waals surface area contributed by atoms with Gasteiger partial charge in [0.2, 0.25) is 17.6 Å². The minimum absolute atomic E-state index is 0.143. The van der Waals surface area contributed by atoms with Crippen LogP contribution in [0.2, 0.25) is 0 Å². The van der Waals surface area contributed by atoms with E-state index < -0.39 is 0 Å². The lowest BCUT2D eigenvalue weighted by Gasteiger charge is -2.37. The molecule has 4 heterocycles. The SMILES string of the molecule is O=C(CN1CC(c2nc(-c3cnccn3)no2)C1)N1CCc2ccccc21. The summed E-state index contributed by atoms with van der Waals surface area (Å²) in [6.45, 7) is 2.66. The highest BCUT2D eigenvalue weighted by Crippen LogP contribution is 2.30. The van der Waals surface area contributed by atoms with E-state index in [2.05, 4.69) is 31.1 Å². The molecular formula is C19H18N6O2. The lowest BCUT2D eigenvalue weighted by atomic mass is 10.0.